The lowest BCUT2D eigenvalue weighted by Gasteiger charge is -2.29. The van der Waals surface area contributed by atoms with Gasteiger partial charge in [-0.1, -0.05) is 46.3 Å². The highest BCUT2D eigenvalue weighted by Gasteiger charge is 2.26. The first kappa shape index (κ1) is 22.0. The summed E-state index contributed by atoms with van der Waals surface area (Å²) in [6.45, 7) is 7.70. The molecule has 1 N–H and O–H groups in total. The summed E-state index contributed by atoms with van der Waals surface area (Å²) in [6, 6.07) is 14.6. The minimum absolute atomic E-state index is 0.00520. The summed E-state index contributed by atoms with van der Waals surface area (Å²) in [6.07, 6.45) is 0. The molecule has 0 spiro atoms. The van der Waals surface area contributed by atoms with Crippen LogP contribution in [0.2, 0.25) is 0 Å². The normalized spacial score (nSPS) is 11.8. The quantitative estimate of drug-likeness (QED) is 0.664. The number of hydrogen-bond acceptors (Lipinski definition) is 3. The van der Waals surface area contributed by atoms with E-state index in [9.17, 15) is 9.59 Å². The fourth-order valence-electron chi connectivity index (χ4n) is 2.70. The Morgan fingerprint density at radius 3 is 2.39 bits per heavy atom. The van der Waals surface area contributed by atoms with E-state index in [4.69, 9.17) is 4.74 Å². The number of amides is 2. The van der Waals surface area contributed by atoms with Crippen LogP contribution in [0, 0.1) is 6.92 Å². The van der Waals surface area contributed by atoms with Crippen molar-refractivity contribution in [2.45, 2.75) is 46.3 Å². The van der Waals surface area contributed by atoms with Crippen LogP contribution >= 0.6 is 15.9 Å². The van der Waals surface area contributed by atoms with Crippen LogP contribution in [0.15, 0.2) is 53.0 Å². The van der Waals surface area contributed by atoms with Crippen LogP contribution < -0.4 is 10.1 Å². The second kappa shape index (κ2) is 10.3. The molecule has 0 fully saturated rings. The molecule has 5 nitrogen and oxygen atoms in total. The van der Waals surface area contributed by atoms with Crippen molar-refractivity contribution in [1.29, 1.82) is 0 Å². The molecule has 150 valence electrons. The average molecular weight is 447 g/mol. The standard InChI is InChI=1S/C22H27BrN2O3/c1-15(2)24-22(27)17(4)25(13-18-8-6-5-7-9-18)21(26)14-28-19-10-11-20(23)16(3)12-19/h5-12,15,17H,13-14H2,1-4H3,(H,24,27)/t17-/m0/s1. The molecule has 1 atom stereocenters. The lowest BCUT2D eigenvalue weighted by molar-refractivity contribution is -0.142. The van der Waals surface area contributed by atoms with Gasteiger partial charge in [-0.2, -0.15) is 0 Å². The fraction of sp³-hybridized carbons (Fsp3) is 0.364. The van der Waals surface area contributed by atoms with Crippen molar-refractivity contribution in [3.8, 4) is 5.75 Å². The van der Waals surface area contributed by atoms with Gasteiger partial charge in [-0.05, 0) is 57.0 Å². The molecule has 0 saturated carbocycles. The van der Waals surface area contributed by atoms with E-state index in [0.29, 0.717) is 12.3 Å². The molecule has 2 amide bonds. The van der Waals surface area contributed by atoms with Crippen LogP contribution in [0.5, 0.6) is 5.75 Å². The zero-order valence-electron chi connectivity index (χ0n) is 16.7. The van der Waals surface area contributed by atoms with Crippen molar-refractivity contribution in [2.24, 2.45) is 0 Å². The molecule has 0 heterocycles. The molecule has 0 bridgehead atoms. The summed E-state index contributed by atoms with van der Waals surface area (Å²) in [5, 5.41) is 2.87. The van der Waals surface area contributed by atoms with Gasteiger partial charge >= 0.3 is 0 Å². The lowest BCUT2D eigenvalue weighted by atomic mass is 10.1. The van der Waals surface area contributed by atoms with Crippen molar-refractivity contribution in [1.82, 2.24) is 10.2 Å². The van der Waals surface area contributed by atoms with Crippen LogP contribution in [0.3, 0.4) is 0 Å². The maximum atomic E-state index is 12.9. The van der Waals surface area contributed by atoms with Gasteiger partial charge in [0.05, 0.1) is 0 Å². The zero-order valence-corrected chi connectivity index (χ0v) is 18.3. The third-order valence-electron chi connectivity index (χ3n) is 4.29. The Morgan fingerprint density at radius 1 is 1.11 bits per heavy atom. The number of carbonyl (C=O) groups is 2. The summed E-state index contributed by atoms with van der Waals surface area (Å²) in [5.41, 5.74) is 1.98. The molecule has 0 aliphatic carbocycles. The highest BCUT2D eigenvalue weighted by molar-refractivity contribution is 9.10. The number of aryl methyl sites for hydroxylation is 1. The van der Waals surface area contributed by atoms with E-state index < -0.39 is 6.04 Å². The molecule has 0 aromatic heterocycles. The summed E-state index contributed by atoms with van der Waals surface area (Å²) in [7, 11) is 0. The Kier molecular flexibility index (Phi) is 8.05. The predicted octanol–water partition coefficient (Wildman–Crippen LogP) is 4.08. The Balaban J connectivity index is 2.13. The van der Waals surface area contributed by atoms with E-state index in [1.54, 1.807) is 17.9 Å². The number of hydrogen-bond donors (Lipinski definition) is 1. The van der Waals surface area contributed by atoms with Crippen molar-refractivity contribution < 1.29 is 14.3 Å². The number of ether oxygens (including phenoxy) is 1. The third-order valence-corrected chi connectivity index (χ3v) is 5.18. The molecule has 28 heavy (non-hydrogen) atoms. The third kappa shape index (κ3) is 6.37. The Bertz CT molecular complexity index is 809. The van der Waals surface area contributed by atoms with Crippen molar-refractivity contribution >= 4 is 27.7 Å². The van der Waals surface area contributed by atoms with E-state index in [1.807, 2.05) is 63.2 Å². The predicted molar refractivity (Wildman–Crippen MR) is 114 cm³/mol. The first-order valence-corrected chi connectivity index (χ1v) is 10.1. The Labute approximate surface area is 175 Å². The molecular weight excluding hydrogens is 420 g/mol. The van der Waals surface area contributed by atoms with Gasteiger partial charge in [0.25, 0.3) is 5.91 Å². The number of nitrogens with zero attached hydrogens (tertiary/aromatic N) is 1. The van der Waals surface area contributed by atoms with Gasteiger partial charge in [0.15, 0.2) is 6.61 Å². The van der Waals surface area contributed by atoms with E-state index in [-0.39, 0.29) is 24.5 Å². The summed E-state index contributed by atoms with van der Waals surface area (Å²) >= 11 is 3.45. The maximum Gasteiger partial charge on any atom is 0.261 e. The fourth-order valence-corrected chi connectivity index (χ4v) is 2.95. The number of nitrogens with one attached hydrogen (secondary N) is 1. The Hall–Kier alpha value is -2.34. The molecule has 2 aromatic rings. The molecule has 2 rings (SSSR count). The lowest BCUT2D eigenvalue weighted by Crippen LogP contribution is -2.50. The van der Waals surface area contributed by atoms with E-state index in [2.05, 4.69) is 21.2 Å². The minimum atomic E-state index is -0.606. The average Bonchev–Trinajstić information content (AvgIpc) is 2.66. The Morgan fingerprint density at radius 2 is 1.79 bits per heavy atom. The van der Waals surface area contributed by atoms with Crippen LogP contribution in [-0.4, -0.2) is 35.4 Å². The van der Waals surface area contributed by atoms with Gasteiger partial charge in [0, 0.05) is 17.1 Å². The number of rotatable bonds is 8. The number of halogens is 1. The van der Waals surface area contributed by atoms with Crippen LogP contribution in [0.25, 0.3) is 0 Å². The summed E-state index contributed by atoms with van der Waals surface area (Å²) in [4.78, 5) is 27.0. The van der Waals surface area contributed by atoms with Gasteiger partial charge < -0.3 is 15.0 Å². The van der Waals surface area contributed by atoms with Crippen molar-refractivity contribution in [3.05, 3.63) is 64.1 Å². The van der Waals surface area contributed by atoms with Gasteiger partial charge in [-0.25, -0.2) is 0 Å². The van der Waals surface area contributed by atoms with Crippen molar-refractivity contribution in [2.75, 3.05) is 6.61 Å². The van der Waals surface area contributed by atoms with Crippen LogP contribution in [-0.2, 0) is 16.1 Å². The molecule has 0 aliphatic heterocycles. The smallest absolute Gasteiger partial charge is 0.261 e. The molecule has 0 saturated heterocycles. The zero-order chi connectivity index (χ0) is 20.7. The molecule has 6 heteroatoms. The van der Waals surface area contributed by atoms with Crippen LogP contribution in [0.1, 0.15) is 31.9 Å². The SMILES string of the molecule is Cc1cc(OCC(=O)N(Cc2ccccc2)[C@@H](C)C(=O)NC(C)C)ccc1Br. The number of carbonyl (C=O) groups excluding carboxylic acids is 2. The highest BCUT2D eigenvalue weighted by atomic mass is 79.9. The molecule has 0 aliphatic rings. The van der Waals surface area contributed by atoms with E-state index >= 15 is 0 Å². The molecular formula is C22H27BrN2O3. The number of benzene rings is 2. The second-order valence-corrected chi connectivity index (χ2v) is 7.90. The van der Waals surface area contributed by atoms with Crippen LogP contribution in [0.4, 0.5) is 0 Å². The molecule has 2 aromatic carbocycles. The van der Waals surface area contributed by atoms with Gasteiger partial charge in [0.1, 0.15) is 11.8 Å². The first-order chi connectivity index (χ1) is 13.3. The van der Waals surface area contributed by atoms with Crippen molar-refractivity contribution in [3.63, 3.8) is 0 Å². The van der Waals surface area contributed by atoms with Gasteiger partial charge in [0.2, 0.25) is 5.91 Å². The largest absolute Gasteiger partial charge is 0.484 e. The topological polar surface area (TPSA) is 58.6 Å². The maximum absolute atomic E-state index is 12.9. The highest BCUT2D eigenvalue weighted by Crippen LogP contribution is 2.21. The second-order valence-electron chi connectivity index (χ2n) is 7.05. The summed E-state index contributed by atoms with van der Waals surface area (Å²) < 4.78 is 6.67. The summed E-state index contributed by atoms with van der Waals surface area (Å²) in [5.74, 6) is 0.197. The van der Waals surface area contributed by atoms with Gasteiger partial charge in [-0.15, -0.1) is 0 Å². The monoisotopic (exact) mass is 446 g/mol. The first-order valence-electron chi connectivity index (χ1n) is 9.30. The molecule has 0 radical (unpaired) electrons. The van der Waals surface area contributed by atoms with Gasteiger partial charge in [-0.3, -0.25) is 9.59 Å². The van der Waals surface area contributed by atoms with E-state index in [0.717, 1.165) is 15.6 Å². The minimum Gasteiger partial charge on any atom is -0.484 e. The molecule has 0 unspecified atom stereocenters. The van der Waals surface area contributed by atoms with E-state index in [1.165, 1.54) is 0 Å².